The van der Waals surface area contributed by atoms with Crippen molar-refractivity contribution in [3.05, 3.63) is 0 Å². The minimum atomic E-state index is -0.707. The molecule has 0 unspecified atom stereocenters. The van der Waals surface area contributed by atoms with Crippen LogP contribution < -0.4 is 0 Å². The summed E-state index contributed by atoms with van der Waals surface area (Å²) in [6, 6.07) is 0. The van der Waals surface area contributed by atoms with E-state index in [4.69, 9.17) is 5.11 Å². The molecular formula is C24H40O4. The summed E-state index contributed by atoms with van der Waals surface area (Å²) in [5.74, 6) is 2.55. The van der Waals surface area contributed by atoms with Gasteiger partial charge in [0.1, 0.15) is 0 Å². The number of carboxylic acid groups (broad SMARTS) is 1. The van der Waals surface area contributed by atoms with Gasteiger partial charge in [-0.3, -0.25) is 4.79 Å². The van der Waals surface area contributed by atoms with E-state index in [-0.39, 0.29) is 29.5 Å². The second-order valence-electron chi connectivity index (χ2n) is 11.3. The molecule has 4 fully saturated rings. The van der Waals surface area contributed by atoms with Crippen LogP contribution in [0.25, 0.3) is 0 Å². The maximum absolute atomic E-state index is 11.5. The van der Waals surface area contributed by atoms with Gasteiger partial charge < -0.3 is 15.3 Å². The van der Waals surface area contributed by atoms with Crippen molar-refractivity contribution in [2.45, 2.75) is 97.2 Å². The van der Waals surface area contributed by atoms with Crippen LogP contribution in [0.2, 0.25) is 0 Å². The molecule has 28 heavy (non-hydrogen) atoms. The Morgan fingerprint density at radius 2 is 1.79 bits per heavy atom. The normalized spacial score (nSPS) is 51.7. The summed E-state index contributed by atoms with van der Waals surface area (Å²) in [5, 5.41) is 30.8. The van der Waals surface area contributed by atoms with Gasteiger partial charge in [-0.05, 0) is 104 Å². The number of hydrogen-bond donors (Lipinski definition) is 3. The van der Waals surface area contributed by atoms with Gasteiger partial charge in [0.2, 0.25) is 0 Å². The standard InChI is InChI=1S/C24H40O4/c1-14(4-9-22(27)28)18-7-8-19-17-6-5-15-12-16(25)10-11-23(15,2)20(17)13-21(26)24(18,19)3/h14-21,25-26H,4-13H2,1-3H3,(H,27,28)/t14-,15+,16-,17+,18-,19+,20-,21+,23-,24-/m1/s1. The SMILES string of the molecule is C[C@H](CCC(=O)O)[C@H]1CC[C@H]2[C@@H]3CC[C@H]4C[C@H](O)CC[C@@]4(C)[C@@H]3C[C@H](O)[C@]12C. The number of rotatable bonds is 4. The van der Waals surface area contributed by atoms with Crippen LogP contribution in [-0.2, 0) is 4.79 Å². The molecule has 0 aromatic rings. The van der Waals surface area contributed by atoms with Crippen LogP contribution in [0.4, 0.5) is 0 Å². The van der Waals surface area contributed by atoms with Gasteiger partial charge in [0.15, 0.2) is 0 Å². The zero-order chi connectivity index (χ0) is 20.3. The molecule has 4 heteroatoms. The minimum absolute atomic E-state index is 0.0591. The lowest BCUT2D eigenvalue weighted by Crippen LogP contribution is -2.58. The Labute approximate surface area is 170 Å². The first-order valence-electron chi connectivity index (χ1n) is 11.8. The van der Waals surface area contributed by atoms with E-state index in [1.165, 1.54) is 19.3 Å². The minimum Gasteiger partial charge on any atom is -0.481 e. The summed E-state index contributed by atoms with van der Waals surface area (Å²) in [6.45, 7) is 6.99. The Hall–Kier alpha value is -0.610. The van der Waals surface area contributed by atoms with Crippen molar-refractivity contribution in [2.24, 2.45) is 46.3 Å². The predicted octanol–water partition coefficient (Wildman–Crippen LogP) is 4.48. The fraction of sp³-hybridized carbons (Fsp3) is 0.958. The third-order valence-electron chi connectivity index (χ3n) is 10.3. The van der Waals surface area contributed by atoms with Crippen LogP contribution in [0.1, 0.15) is 85.0 Å². The van der Waals surface area contributed by atoms with Gasteiger partial charge in [-0.1, -0.05) is 20.8 Å². The lowest BCUT2D eigenvalue weighted by molar-refractivity contribution is -0.175. The molecule has 4 nitrogen and oxygen atoms in total. The van der Waals surface area contributed by atoms with Crippen molar-refractivity contribution in [3.8, 4) is 0 Å². The largest absolute Gasteiger partial charge is 0.481 e. The van der Waals surface area contributed by atoms with E-state index in [0.29, 0.717) is 35.5 Å². The summed E-state index contributed by atoms with van der Waals surface area (Å²) in [5.41, 5.74) is 0.216. The average Bonchev–Trinajstić information content (AvgIpc) is 3.00. The molecule has 0 amide bonds. The van der Waals surface area contributed by atoms with E-state index in [2.05, 4.69) is 20.8 Å². The van der Waals surface area contributed by atoms with E-state index >= 15 is 0 Å². The van der Waals surface area contributed by atoms with Crippen LogP contribution in [0.3, 0.4) is 0 Å². The van der Waals surface area contributed by atoms with Crippen molar-refractivity contribution < 1.29 is 20.1 Å². The van der Waals surface area contributed by atoms with Gasteiger partial charge in [0.05, 0.1) is 12.2 Å². The van der Waals surface area contributed by atoms with Crippen LogP contribution >= 0.6 is 0 Å². The van der Waals surface area contributed by atoms with E-state index in [0.717, 1.165) is 38.5 Å². The van der Waals surface area contributed by atoms with Gasteiger partial charge in [0.25, 0.3) is 0 Å². The monoisotopic (exact) mass is 392 g/mol. The summed E-state index contributed by atoms with van der Waals surface area (Å²) >= 11 is 0. The molecule has 0 aromatic heterocycles. The highest BCUT2D eigenvalue weighted by Crippen LogP contribution is 2.68. The Morgan fingerprint density at radius 1 is 1.04 bits per heavy atom. The first kappa shape index (κ1) is 20.7. The lowest BCUT2D eigenvalue weighted by Gasteiger charge is -2.62. The average molecular weight is 393 g/mol. The Kier molecular flexibility index (Phi) is 5.36. The summed E-state index contributed by atoms with van der Waals surface area (Å²) in [4.78, 5) is 11.1. The molecular weight excluding hydrogens is 352 g/mol. The summed E-state index contributed by atoms with van der Waals surface area (Å²) < 4.78 is 0. The third kappa shape index (κ3) is 3.05. The topological polar surface area (TPSA) is 77.8 Å². The number of carboxylic acids is 1. The molecule has 4 saturated carbocycles. The van der Waals surface area contributed by atoms with Gasteiger partial charge >= 0.3 is 5.97 Å². The number of hydrogen-bond acceptors (Lipinski definition) is 3. The predicted molar refractivity (Wildman–Crippen MR) is 109 cm³/mol. The molecule has 4 aliphatic carbocycles. The fourth-order valence-corrected chi connectivity index (χ4v) is 8.71. The lowest BCUT2D eigenvalue weighted by atomic mass is 9.43. The smallest absolute Gasteiger partial charge is 0.303 e. The number of aliphatic carboxylic acids is 1. The van der Waals surface area contributed by atoms with Crippen LogP contribution in [0.5, 0.6) is 0 Å². The van der Waals surface area contributed by atoms with E-state index in [9.17, 15) is 15.0 Å². The molecule has 10 atom stereocenters. The molecule has 4 aliphatic rings. The first-order chi connectivity index (χ1) is 13.2. The van der Waals surface area contributed by atoms with Crippen LogP contribution in [0.15, 0.2) is 0 Å². The zero-order valence-corrected chi connectivity index (χ0v) is 17.9. The highest BCUT2D eigenvalue weighted by atomic mass is 16.4. The van der Waals surface area contributed by atoms with Crippen molar-refractivity contribution in [1.29, 1.82) is 0 Å². The Balaban J connectivity index is 1.56. The molecule has 0 saturated heterocycles. The highest BCUT2D eigenvalue weighted by molar-refractivity contribution is 5.66. The molecule has 0 radical (unpaired) electrons. The molecule has 4 rings (SSSR count). The third-order valence-corrected chi connectivity index (χ3v) is 10.3. The highest BCUT2D eigenvalue weighted by Gasteiger charge is 2.63. The van der Waals surface area contributed by atoms with Crippen LogP contribution in [0, 0.1) is 46.3 Å². The van der Waals surface area contributed by atoms with Gasteiger partial charge in [-0.25, -0.2) is 0 Å². The fourth-order valence-electron chi connectivity index (χ4n) is 8.71. The van der Waals surface area contributed by atoms with Crippen molar-refractivity contribution >= 4 is 5.97 Å². The second-order valence-corrected chi connectivity index (χ2v) is 11.3. The molecule has 0 bridgehead atoms. The van der Waals surface area contributed by atoms with Crippen molar-refractivity contribution in [1.82, 2.24) is 0 Å². The van der Waals surface area contributed by atoms with Crippen molar-refractivity contribution in [2.75, 3.05) is 0 Å². The maximum atomic E-state index is 11.5. The summed E-state index contributed by atoms with van der Waals surface area (Å²) in [6.07, 6.45) is 9.26. The Bertz CT molecular complexity index is 605. The quantitative estimate of drug-likeness (QED) is 0.659. The van der Waals surface area contributed by atoms with E-state index < -0.39 is 5.97 Å². The number of aliphatic hydroxyl groups excluding tert-OH is 2. The van der Waals surface area contributed by atoms with Gasteiger partial charge in [-0.15, -0.1) is 0 Å². The van der Waals surface area contributed by atoms with Gasteiger partial charge in [-0.2, -0.15) is 0 Å². The second kappa shape index (κ2) is 7.27. The molecule has 3 N–H and O–H groups in total. The number of fused-ring (bicyclic) bond motifs is 5. The zero-order valence-electron chi connectivity index (χ0n) is 17.9. The van der Waals surface area contributed by atoms with Crippen LogP contribution in [-0.4, -0.2) is 33.5 Å². The summed E-state index contributed by atoms with van der Waals surface area (Å²) in [7, 11) is 0. The Morgan fingerprint density at radius 3 is 2.50 bits per heavy atom. The molecule has 0 spiro atoms. The molecule has 0 aromatic carbocycles. The molecule has 0 heterocycles. The first-order valence-corrected chi connectivity index (χ1v) is 11.8. The molecule has 160 valence electrons. The van der Waals surface area contributed by atoms with Crippen molar-refractivity contribution in [3.63, 3.8) is 0 Å². The number of aliphatic hydroxyl groups is 2. The maximum Gasteiger partial charge on any atom is 0.303 e. The van der Waals surface area contributed by atoms with E-state index in [1.807, 2.05) is 0 Å². The molecule has 0 aliphatic heterocycles. The van der Waals surface area contributed by atoms with Gasteiger partial charge in [0, 0.05) is 6.42 Å². The number of carbonyl (C=O) groups is 1. The van der Waals surface area contributed by atoms with E-state index in [1.54, 1.807) is 0 Å².